The standard InChI is InChI=1S/C23H27ClN6O3/c1-30-10-9-25-19(31)6-4-2-3-5-11-33-18-12-15(7-8-17(18)24)26-13-16-20-21(29-23(16)32)27-14-28-22(20)30/h7-8,12-14,16H,2-6,9-11H2,1H3,(H,25,31)(H,27,28,29,32). The number of aliphatic imine (C=N–C) groups is 1. The third-order valence-electron chi connectivity index (χ3n) is 5.67. The molecule has 0 fully saturated rings. The Kier molecular flexibility index (Phi) is 7.39. The highest BCUT2D eigenvalue weighted by molar-refractivity contribution is 6.32. The number of fused-ring (bicyclic) bond motifs is 2. The molecule has 2 bridgehead atoms. The first-order valence-corrected chi connectivity index (χ1v) is 11.5. The molecule has 3 heterocycles. The number of rotatable bonds is 0. The van der Waals surface area contributed by atoms with E-state index in [2.05, 4.69) is 25.6 Å². The average molecular weight is 471 g/mol. The maximum atomic E-state index is 12.7. The number of nitrogens with one attached hydrogen (secondary N) is 2. The highest BCUT2D eigenvalue weighted by atomic mass is 35.5. The normalized spacial score (nSPS) is 19.8. The minimum absolute atomic E-state index is 0.0346. The van der Waals surface area contributed by atoms with Gasteiger partial charge in [-0.2, -0.15) is 0 Å². The fraction of sp³-hybridized carbons (Fsp3) is 0.435. The molecule has 33 heavy (non-hydrogen) atoms. The van der Waals surface area contributed by atoms with Gasteiger partial charge in [0.05, 0.1) is 22.9 Å². The van der Waals surface area contributed by atoms with E-state index in [0.717, 1.165) is 25.7 Å². The lowest BCUT2D eigenvalue weighted by Crippen LogP contribution is -2.33. The van der Waals surface area contributed by atoms with Crippen molar-refractivity contribution < 1.29 is 14.3 Å². The molecule has 9 nitrogen and oxygen atoms in total. The SMILES string of the molecule is CN1CCNC(=O)CCCCCCOc2cc(ccc2Cl)N=CC2C(=O)Nc3ncnc1c32. The van der Waals surface area contributed by atoms with Crippen LogP contribution in [-0.4, -0.2) is 54.7 Å². The van der Waals surface area contributed by atoms with E-state index in [1.165, 1.54) is 6.33 Å². The first kappa shape index (κ1) is 23.0. The van der Waals surface area contributed by atoms with E-state index < -0.39 is 5.92 Å². The number of carbonyl (C=O) groups is 2. The Hall–Kier alpha value is -3.20. The lowest BCUT2D eigenvalue weighted by Gasteiger charge is -2.21. The molecule has 2 N–H and O–H groups in total. The first-order valence-electron chi connectivity index (χ1n) is 11.1. The lowest BCUT2D eigenvalue weighted by molar-refractivity contribution is -0.121. The van der Waals surface area contributed by atoms with Gasteiger partial charge in [0.2, 0.25) is 11.8 Å². The summed E-state index contributed by atoms with van der Waals surface area (Å²) in [6.45, 7) is 1.56. The van der Waals surface area contributed by atoms with Gasteiger partial charge in [0.15, 0.2) is 0 Å². The summed E-state index contributed by atoms with van der Waals surface area (Å²) < 4.78 is 5.84. The number of amides is 2. The number of aromatic nitrogens is 2. The van der Waals surface area contributed by atoms with Crippen molar-refractivity contribution in [1.29, 1.82) is 0 Å². The highest BCUT2D eigenvalue weighted by Gasteiger charge is 2.34. The molecule has 4 rings (SSSR count). The van der Waals surface area contributed by atoms with Crippen LogP contribution in [0.25, 0.3) is 0 Å². The van der Waals surface area contributed by atoms with Gasteiger partial charge in [-0.15, -0.1) is 0 Å². The predicted octanol–water partition coefficient (Wildman–Crippen LogP) is 3.46. The van der Waals surface area contributed by atoms with Crippen LogP contribution in [0.1, 0.15) is 43.6 Å². The molecule has 2 aliphatic heterocycles. The summed E-state index contributed by atoms with van der Waals surface area (Å²) in [7, 11) is 1.88. The molecular formula is C23H27ClN6O3. The maximum absolute atomic E-state index is 12.7. The minimum atomic E-state index is -0.640. The fourth-order valence-corrected chi connectivity index (χ4v) is 4.04. The summed E-state index contributed by atoms with van der Waals surface area (Å²) in [5.74, 6) is 0.828. The summed E-state index contributed by atoms with van der Waals surface area (Å²) in [5.41, 5.74) is 1.31. The minimum Gasteiger partial charge on any atom is -0.492 e. The topological polar surface area (TPSA) is 109 Å². The molecule has 0 aliphatic carbocycles. The van der Waals surface area contributed by atoms with Crippen LogP contribution in [0, 0.1) is 0 Å². The van der Waals surface area contributed by atoms with Crippen molar-refractivity contribution in [3.63, 3.8) is 0 Å². The van der Waals surface area contributed by atoms with Crippen molar-refractivity contribution in [1.82, 2.24) is 15.3 Å². The van der Waals surface area contributed by atoms with Crippen molar-refractivity contribution in [2.75, 3.05) is 37.0 Å². The first-order chi connectivity index (χ1) is 16.0. The molecule has 174 valence electrons. The van der Waals surface area contributed by atoms with Gasteiger partial charge in [0.25, 0.3) is 0 Å². The zero-order chi connectivity index (χ0) is 23.2. The van der Waals surface area contributed by atoms with E-state index in [-0.39, 0.29) is 11.8 Å². The summed E-state index contributed by atoms with van der Waals surface area (Å²) >= 11 is 6.28. The van der Waals surface area contributed by atoms with E-state index in [0.29, 0.717) is 59.8 Å². The molecule has 2 aliphatic rings. The third kappa shape index (κ3) is 5.60. The Morgan fingerprint density at radius 1 is 1.15 bits per heavy atom. The Bertz CT molecular complexity index is 1060. The Morgan fingerprint density at radius 3 is 2.88 bits per heavy atom. The van der Waals surface area contributed by atoms with Crippen molar-refractivity contribution >= 4 is 47.0 Å². The average Bonchev–Trinajstić information content (AvgIpc) is 3.12. The molecule has 1 aromatic heterocycles. The van der Waals surface area contributed by atoms with Gasteiger partial charge in [0, 0.05) is 38.8 Å². The largest absolute Gasteiger partial charge is 0.492 e. The molecular weight excluding hydrogens is 444 g/mol. The van der Waals surface area contributed by atoms with E-state index in [9.17, 15) is 9.59 Å². The van der Waals surface area contributed by atoms with Gasteiger partial charge >= 0.3 is 0 Å². The van der Waals surface area contributed by atoms with Gasteiger partial charge in [-0.3, -0.25) is 14.6 Å². The van der Waals surface area contributed by atoms with Crippen LogP contribution in [0.4, 0.5) is 17.3 Å². The number of carbonyl (C=O) groups excluding carboxylic acids is 2. The molecule has 1 aromatic carbocycles. The van der Waals surface area contributed by atoms with Gasteiger partial charge in [-0.1, -0.05) is 24.4 Å². The van der Waals surface area contributed by atoms with E-state index in [4.69, 9.17) is 16.3 Å². The molecule has 2 aromatic rings. The molecule has 1 unspecified atom stereocenters. The van der Waals surface area contributed by atoms with Crippen LogP contribution in [0.15, 0.2) is 29.5 Å². The molecule has 2 amide bonds. The summed E-state index contributed by atoms with van der Waals surface area (Å²) in [6.07, 6.45) is 7.16. The Labute approximate surface area is 197 Å². The quantitative estimate of drug-likeness (QED) is 0.610. The molecule has 0 saturated carbocycles. The van der Waals surface area contributed by atoms with Crippen molar-refractivity contribution in [2.24, 2.45) is 4.99 Å². The molecule has 10 heteroatoms. The second-order valence-electron chi connectivity index (χ2n) is 8.10. The molecule has 1 atom stereocenters. The fourth-order valence-electron chi connectivity index (χ4n) is 3.87. The van der Waals surface area contributed by atoms with E-state index in [1.807, 2.05) is 11.9 Å². The number of anilines is 2. The van der Waals surface area contributed by atoms with E-state index in [1.54, 1.807) is 24.4 Å². The Morgan fingerprint density at radius 2 is 2.00 bits per heavy atom. The smallest absolute Gasteiger partial charge is 0.238 e. The van der Waals surface area contributed by atoms with Gasteiger partial charge in [-0.25, -0.2) is 9.97 Å². The van der Waals surface area contributed by atoms with Crippen molar-refractivity contribution in [3.05, 3.63) is 35.1 Å². The third-order valence-corrected chi connectivity index (χ3v) is 5.98. The van der Waals surface area contributed by atoms with Crippen molar-refractivity contribution in [3.8, 4) is 5.75 Å². The van der Waals surface area contributed by atoms with E-state index >= 15 is 0 Å². The van der Waals surface area contributed by atoms with Crippen LogP contribution >= 0.6 is 11.6 Å². The molecule has 0 spiro atoms. The van der Waals surface area contributed by atoms with Gasteiger partial charge < -0.3 is 20.3 Å². The lowest BCUT2D eigenvalue weighted by atomic mass is 10.0. The number of nitrogens with zero attached hydrogens (tertiary/aromatic N) is 4. The second-order valence-corrected chi connectivity index (χ2v) is 8.51. The molecule has 0 radical (unpaired) electrons. The second kappa shape index (κ2) is 10.6. The van der Waals surface area contributed by atoms with Gasteiger partial charge in [-0.05, 0) is 25.0 Å². The Balaban J connectivity index is 1.63. The highest BCUT2D eigenvalue weighted by Crippen LogP contribution is 2.36. The maximum Gasteiger partial charge on any atom is 0.238 e. The summed E-state index contributed by atoms with van der Waals surface area (Å²) in [5, 5.41) is 6.27. The summed E-state index contributed by atoms with van der Waals surface area (Å²) in [4.78, 5) is 39.9. The monoisotopic (exact) mass is 470 g/mol. The number of hydrogen-bond acceptors (Lipinski definition) is 7. The number of likely N-dealkylation sites (N-methyl/N-ethyl adjacent to an activating group) is 1. The number of halogens is 1. The zero-order valence-corrected chi connectivity index (χ0v) is 19.3. The van der Waals surface area contributed by atoms with Crippen molar-refractivity contribution in [2.45, 2.75) is 38.0 Å². The zero-order valence-electron chi connectivity index (χ0n) is 18.5. The summed E-state index contributed by atoms with van der Waals surface area (Å²) in [6, 6.07) is 5.28. The number of hydrogen-bond donors (Lipinski definition) is 2. The van der Waals surface area contributed by atoms with Crippen LogP contribution < -0.4 is 20.3 Å². The number of ether oxygens (including phenoxy) is 1. The predicted molar refractivity (Wildman–Crippen MR) is 128 cm³/mol. The molecule has 0 saturated heterocycles. The van der Waals surface area contributed by atoms with Crippen LogP contribution in [0.2, 0.25) is 5.02 Å². The van der Waals surface area contributed by atoms with Gasteiger partial charge in [0.1, 0.15) is 29.6 Å². The van der Waals surface area contributed by atoms with Crippen LogP contribution in [0.3, 0.4) is 0 Å². The van der Waals surface area contributed by atoms with Crippen LogP contribution in [0.5, 0.6) is 5.75 Å². The van der Waals surface area contributed by atoms with Crippen LogP contribution in [-0.2, 0) is 9.59 Å². The number of benzene rings is 1.